The molecule has 0 saturated heterocycles. The summed E-state index contributed by atoms with van der Waals surface area (Å²) < 4.78 is 32.4. The number of methoxy groups -OCH3 is 1. The number of thioether (sulfide) groups is 1. The first-order chi connectivity index (χ1) is 22.1. The molecule has 0 spiro atoms. The molecule has 3 saturated carbocycles. The predicted molar refractivity (Wildman–Crippen MR) is 172 cm³/mol. The third-order valence-electron chi connectivity index (χ3n) is 11.7. The van der Waals surface area contributed by atoms with Gasteiger partial charge in [0.1, 0.15) is 5.82 Å². The van der Waals surface area contributed by atoms with Crippen LogP contribution in [-0.4, -0.2) is 57.1 Å². The molecule has 8 nitrogen and oxygen atoms in total. The molecule has 7 atom stereocenters. The SMILES string of the molecule is COCCCSC(=O)[C@@]1(OC(=O)c2ccco2)CC[C@H]2[C@@H]3CCC4=Cc5c(cnn5-c5ccc(F)cc5)C[C@]4(C)[C@H]3[C@@H](O)C[C@@]21C. The van der Waals surface area contributed by atoms with Crippen LogP contribution in [0.3, 0.4) is 0 Å². The maximum atomic E-state index is 14.2. The fourth-order valence-corrected chi connectivity index (χ4v) is 10.7. The number of fused-ring (bicyclic) bond motifs is 6. The molecule has 0 bridgehead atoms. The van der Waals surface area contributed by atoms with Gasteiger partial charge in [-0.15, -0.1) is 0 Å². The van der Waals surface area contributed by atoms with Crippen LogP contribution in [-0.2, 0) is 20.7 Å². The first-order valence-electron chi connectivity index (χ1n) is 16.3. The van der Waals surface area contributed by atoms with Gasteiger partial charge in [0.15, 0.2) is 5.60 Å². The molecule has 2 aromatic heterocycles. The number of aliphatic hydroxyl groups is 1. The van der Waals surface area contributed by atoms with Crippen molar-refractivity contribution < 1.29 is 33.0 Å². The van der Waals surface area contributed by atoms with Crippen molar-refractivity contribution in [2.24, 2.45) is 28.6 Å². The molecule has 0 aliphatic heterocycles. The highest BCUT2D eigenvalue weighted by atomic mass is 32.2. The second kappa shape index (κ2) is 11.8. The lowest BCUT2D eigenvalue weighted by atomic mass is 9.45. The summed E-state index contributed by atoms with van der Waals surface area (Å²) in [5.41, 5.74) is 1.81. The van der Waals surface area contributed by atoms with Gasteiger partial charge in [0.05, 0.1) is 29.9 Å². The lowest BCUT2D eigenvalue weighted by molar-refractivity contribution is -0.175. The van der Waals surface area contributed by atoms with E-state index < -0.39 is 23.1 Å². The average molecular weight is 649 g/mol. The van der Waals surface area contributed by atoms with E-state index in [0.717, 1.165) is 42.6 Å². The van der Waals surface area contributed by atoms with Gasteiger partial charge < -0.3 is 19.0 Å². The molecule has 3 aromatic rings. The molecule has 4 aliphatic carbocycles. The molecule has 2 heterocycles. The van der Waals surface area contributed by atoms with Crippen LogP contribution in [0.4, 0.5) is 4.39 Å². The molecular formula is C36H41FN2O6S. The fourth-order valence-electron chi connectivity index (χ4n) is 9.59. The molecule has 10 heteroatoms. The van der Waals surface area contributed by atoms with Gasteiger partial charge in [-0.2, -0.15) is 5.10 Å². The molecule has 1 N–H and O–H groups in total. The Morgan fingerprint density at radius 2 is 2.00 bits per heavy atom. The fraction of sp³-hybridized carbons (Fsp3) is 0.528. The van der Waals surface area contributed by atoms with Crippen molar-refractivity contribution in [1.29, 1.82) is 0 Å². The van der Waals surface area contributed by atoms with Crippen LogP contribution in [0, 0.1) is 34.4 Å². The lowest BCUT2D eigenvalue weighted by Gasteiger charge is -2.60. The highest BCUT2D eigenvalue weighted by Gasteiger charge is 2.70. The van der Waals surface area contributed by atoms with E-state index in [1.54, 1.807) is 31.4 Å². The molecule has 0 unspecified atom stereocenters. The molecular weight excluding hydrogens is 607 g/mol. The Kier molecular flexibility index (Phi) is 8.05. The number of allylic oxidation sites excluding steroid dienone is 1. The Balaban J connectivity index is 1.20. The van der Waals surface area contributed by atoms with E-state index in [2.05, 4.69) is 25.0 Å². The van der Waals surface area contributed by atoms with E-state index in [4.69, 9.17) is 13.9 Å². The van der Waals surface area contributed by atoms with Crippen LogP contribution in [0.25, 0.3) is 11.8 Å². The zero-order chi connectivity index (χ0) is 32.3. The summed E-state index contributed by atoms with van der Waals surface area (Å²) in [6.07, 6.45) is 9.56. The summed E-state index contributed by atoms with van der Waals surface area (Å²) in [7, 11) is 1.64. The van der Waals surface area contributed by atoms with Gasteiger partial charge in [-0.25, -0.2) is 13.9 Å². The number of hydrogen-bond acceptors (Lipinski definition) is 8. The summed E-state index contributed by atoms with van der Waals surface area (Å²) in [6.45, 7) is 4.88. The van der Waals surface area contributed by atoms with Crippen LogP contribution >= 0.6 is 11.8 Å². The number of halogens is 1. The molecule has 7 rings (SSSR count). The molecule has 0 amide bonds. The first-order valence-corrected chi connectivity index (χ1v) is 17.2. The van der Waals surface area contributed by atoms with Gasteiger partial charge in [-0.05, 0) is 116 Å². The van der Waals surface area contributed by atoms with Crippen LogP contribution in [0.2, 0.25) is 0 Å². The standard InChI is InChI=1S/C36H41FN2O6S/c1-34-19-22-21-38-39(25-10-8-24(37)9-11-25)28(22)18-23(34)7-12-26-27-13-14-36(33(42)46-17-5-15-43-3,35(27,2)20-29(40)31(26)34)45-32(41)30-6-4-16-44-30/h4,6,8-11,16,18,21,26-27,29,31,40H,5,7,12-15,17,19-20H2,1-3H3/t26-,27-,29-,31+,34-,35-,36-/m0/s1. The van der Waals surface area contributed by atoms with Gasteiger partial charge in [-0.3, -0.25) is 4.79 Å². The van der Waals surface area contributed by atoms with Gasteiger partial charge in [0.25, 0.3) is 0 Å². The summed E-state index contributed by atoms with van der Waals surface area (Å²) in [5, 5.41) is 16.7. The monoisotopic (exact) mass is 648 g/mol. The van der Waals surface area contributed by atoms with Crippen molar-refractivity contribution in [3.8, 4) is 5.69 Å². The summed E-state index contributed by atoms with van der Waals surface area (Å²) >= 11 is 1.20. The predicted octanol–water partition coefficient (Wildman–Crippen LogP) is 6.65. The Hall–Kier alpha value is -3.21. The zero-order valence-electron chi connectivity index (χ0n) is 26.5. The van der Waals surface area contributed by atoms with E-state index in [0.29, 0.717) is 31.6 Å². The van der Waals surface area contributed by atoms with Gasteiger partial charge in [0, 0.05) is 24.9 Å². The molecule has 3 fully saturated rings. The van der Waals surface area contributed by atoms with Crippen molar-refractivity contribution in [2.45, 2.75) is 70.5 Å². The van der Waals surface area contributed by atoms with Crippen LogP contribution in [0.1, 0.15) is 74.2 Å². The number of esters is 1. The number of hydrogen-bond donors (Lipinski definition) is 1. The first kappa shape index (κ1) is 31.4. The average Bonchev–Trinajstić information content (AvgIpc) is 3.77. The second-order valence-electron chi connectivity index (χ2n) is 13.9. The normalized spacial score (nSPS) is 32.9. The number of aliphatic hydroxyl groups excluding tert-OH is 1. The van der Waals surface area contributed by atoms with Gasteiger partial charge >= 0.3 is 5.97 Å². The summed E-state index contributed by atoms with van der Waals surface area (Å²) in [6, 6.07) is 9.55. The minimum atomic E-state index is -1.38. The minimum absolute atomic E-state index is 0.0195. The largest absolute Gasteiger partial charge is 0.457 e. The Bertz CT molecular complexity index is 1650. The second-order valence-corrected chi connectivity index (χ2v) is 15.0. The third-order valence-corrected chi connectivity index (χ3v) is 12.7. The van der Waals surface area contributed by atoms with Crippen molar-refractivity contribution >= 4 is 28.9 Å². The smallest absolute Gasteiger partial charge is 0.375 e. The Morgan fingerprint density at radius 3 is 2.74 bits per heavy atom. The number of furan rings is 1. The lowest BCUT2D eigenvalue weighted by Crippen LogP contribution is -2.62. The molecule has 0 radical (unpaired) electrons. The molecule has 46 heavy (non-hydrogen) atoms. The molecule has 244 valence electrons. The summed E-state index contributed by atoms with van der Waals surface area (Å²) in [5.74, 6) is -0.0811. The van der Waals surface area contributed by atoms with E-state index >= 15 is 0 Å². The van der Waals surface area contributed by atoms with E-state index in [-0.39, 0.29) is 39.9 Å². The van der Waals surface area contributed by atoms with E-state index in [1.165, 1.54) is 35.7 Å². The van der Waals surface area contributed by atoms with E-state index in [1.807, 2.05) is 10.9 Å². The van der Waals surface area contributed by atoms with Crippen molar-refractivity contribution in [1.82, 2.24) is 9.78 Å². The number of rotatable bonds is 8. The highest BCUT2D eigenvalue weighted by molar-refractivity contribution is 8.13. The number of nitrogens with zero attached hydrogens (tertiary/aromatic N) is 2. The number of aromatic nitrogens is 2. The minimum Gasteiger partial charge on any atom is -0.457 e. The molecule has 1 aromatic carbocycles. The Labute approximate surface area is 272 Å². The maximum Gasteiger partial charge on any atom is 0.375 e. The molecule has 4 aliphatic rings. The van der Waals surface area contributed by atoms with E-state index in [9.17, 15) is 19.1 Å². The van der Waals surface area contributed by atoms with Crippen LogP contribution in [0.5, 0.6) is 0 Å². The third kappa shape index (κ3) is 4.82. The van der Waals surface area contributed by atoms with Crippen molar-refractivity contribution in [2.75, 3.05) is 19.5 Å². The van der Waals surface area contributed by atoms with Crippen LogP contribution < -0.4 is 0 Å². The number of carbonyl (C=O) groups excluding carboxylic acids is 2. The maximum absolute atomic E-state index is 14.2. The van der Waals surface area contributed by atoms with Crippen molar-refractivity contribution in [3.63, 3.8) is 0 Å². The number of benzene rings is 1. The topological polar surface area (TPSA) is 104 Å². The van der Waals surface area contributed by atoms with Crippen molar-refractivity contribution in [3.05, 3.63) is 77.3 Å². The highest BCUT2D eigenvalue weighted by Crippen LogP contribution is 2.69. The quantitative estimate of drug-likeness (QED) is 0.214. The zero-order valence-corrected chi connectivity index (χ0v) is 27.4. The number of ether oxygens (including phenoxy) is 2. The Morgan fingerprint density at radius 1 is 1.20 bits per heavy atom. The van der Waals surface area contributed by atoms with Gasteiger partial charge in [0.2, 0.25) is 10.9 Å². The van der Waals surface area contributed by atoms with Crippen LogP contribution in [0.15, 0.2) is 58.8 Å². The summed E-state index contributed by atoms with van der Waals surface area (Å²) in [4.78, 5) is 27.6. The van der Waals surface area contributed by atoms with Gasteiger partial charge in [-0.1, -0.05) is 31.2 Å². The number of carbonyl (C=O) groups is 2.